The molecule has 4 heteroatoms. The highest BCUT2D eigenvalue weighted by Gasteiger charge is 2.26. The van der Waals surface area contributed by atoms with E-state index < -0.39 is 0 Å². The monoisotopic (exact) mass is 192 g/mol. The van der Waals surface area contributed by atoms with Crippen LogP contribution in [0.1, 0.15) is 36.6 Å². The number of aromatic nitrogens is 2. The maximum Gasteiger partial charge on any atom is 0.126 e. The van der Waals surface area contributed by atoms with E-state index in [0.29, 0.717) is 6.04 Å². The summed E-state index contributed by atoms with van der Waals surface area (Å²) in [7, 11) is 0. The molecule has 1 fully saturated rings. The van der Waals surface area contributed by atoms with E-state index in [-0.39, 0.29) is 0 Å². The summed E-state index contributed by atoms with van der Waals surface area (Å²) in [5.41, 5.74) is 8.55. The molecule has 1 saturated carbocycles. The van der Waals surface area contributed by atoms with Crippen molar-refractivity contribution in [3.05, 3.63) is 11.3 Å². The third-order valence-corrected chi connectivity index (χ3v) is 3.39. The molecule has 3 N–H and O–H groups in total. The molecule has 1 aromatic rings. The van der Waals surface area contributed by atoms with Crippen molar-refractivity contribution in [3.63, 3.8) is 0 Å². The maximum absolute atomic E-state index is 6.09. The van der Waals surface area contributed by atoms with Gasteiger partial charge in [0.15, 0.2) is 0 Å². The van der Waals surface area contributed by atoms with Crippen LogP contribution in [0.5, 0.6) is 0 Å². The highest BCUT2D eigenvalue weighted by molar-refractivity contribution is 5.45. The minimum atomic E-state index is 0.584. The van der Waals surface area contributed by atoms with Crippen molar-refractivity contribution in [3.8, 4) is 0 Å². The number of rotatable bonds is 1. The van der Waals surface area contributed by atoms with Crippen molar-refractivity contribution in [2.75, 3.05) is 12.3 Å². The van der Waals surface area contributed by atoms with Gasteiger partial charge in [0.1, 0.15) is 5.82 Å². The summed E-state index contributed by atoms with van der Waals surface area (Å²) in [5.74, 6) is 0.900. The van der Waals surface area contributed by atoms with Crippen LogP contribution < -0.4 is 11.1 Å². The molecule has 1 aliphatic carbocycles. The molecule has 0 radical (unpaired) electrons. The van der Waals surface area contributed by atoms with E-state index in [2.05, 4.69) is 15.1 Å². The highest BCUT2D eigenvalue weighted by Crippen LogP contribution is 2.34. The lowest BCUT2D eigenvalue weighted by molar-refractivity contribution is 0.292. The molecule has 14 heavy (non-hydrogen) atoms. The molecule has 2 heterocycles. The molecule has 2 aliphatic rings. The van der Waals surface area contributed by atoms with Gasteiger partial charge in [0.25, 0.3) is 0 Å². The maximum atomic E-state index is 6.09. The first-order valence-corrected chi connectivity index (χ1v) is 5.42. The van der Waals surface area contributed by atoms with Crippen LogP contribution in [0, 0.1) is 0 Å². The number of hydrogen-bond acceptors (Lipinski definition) is 3. The van der Waals surface area contributed by atoms with Gasteiger partial charge in [-0.1, -0.05) is 0 Å². The zero-order chi connectivity index (χ0) is 9.54. The Morgan fingerprint density at radius 3 is 2.93 bits per heavy atom. The average molecular weight is 192 g/mol. The first-order valence-electron chi connectivity index (χ1n) is 5.42. The molecule has 3 rings (SSSR count). The molecule has 76 valence electrons. The molecule has 4 nitrogen and oxygen atoms in total. The van der Waals surface area contributed by atoms with Crippen molar-refractivity contribution in [2.24, 2.45) is 0 Å². The van der Waals surface area contributed by atoms with E-state index in [1.165, 1.54) is 30.5 Å². The third kappa shape index (κ3) is 1.07. The van der Waals surface area contributed by atoms with Gasteiger partial charge < -0.3 is 11.1 Å². The SMILES string of the molecule is Nc1c2c(nn1C1CCC1)CCNC2. The van der Waals surface area contributed by atoms with Gasteiger partial charge in [0, 0.05) is 25.1 Å². The van der Waals surface area contributed by atoms with Crippen LogP contribution in [0.4, 0.5) is 5.82 Å². The van der Waals surface area contributed by atoms with Gasteiger partial charge in [-0.15, -0.1) is 0 Å². The van der Waals surface area contributed by atoms with Crippen LogP contribution in [0.25, 0.3) is 0 Å². The van der Waals surface area contributed by atoms with Crippen LogP contribution in [-0.2, 0) is 13.0 Å². The molecule has 1 aliphatic heterocycles. The zero-order valence-corrected chi connectivity index (χ0v) is 8.29. The second kappa shape index (κ2) is 2.98. The first-order chi connectivity index (χ1) is 6.86. The van der Waals surface area contributed by atoms with Gasteiger partial charge in [0.05, 0.1) is 11.7 Å². The van der Waals surface area contributed by atoms with Crippen molar-refractivity contribution in [1.82, 2.24) is 15.1 Å². The lowest BCUT2D eigenvalue weighted by Crippen LogP contribution is -2.23. The number of nitrogens with zero attached hydrogens (tertiary/aromatic N) is 2. The summed E-state index contributed by atoms with van der Waals surface area (Å²) in [6.07, 6.45) is 4.85. The van der Waals surface area contributed by atoms with E-state index in [1.54, 1.807) is 0 Å². The fourth-order valence-electron chi connectivity index (χ4n) is 2.25. The summed E-state index contributed by atoms with van der Waals surface area (Å²) in [5, 5.41) is 7.96. The van der Waals surface area contributed by atoms with Crippen LogP contribution in [0.15, 0.2) is 0 Å². The van der Waals surface area contributed by atoms with E-state index in [4.69, 9.17) is 5.73 Å². The van der Waals surface area contributed by atoms with Crippen molar-refractivity contribution < 1.29 is 0 Å². The predicted octanol–water partition coefficient (Wildman–Crippen LogP) is 0.836. The van der Waals surface area contributed by atoms with E-state index in [1.807, 2.05) is 0 Å². The van der Waals surface area contributed by atoms with Gasteiger partial charge in [-0.25, -0.2) is 4.68 Å². The number of nitrogen functional groups attached to an aromatic ring is 1. The molecule has 0 bridgehead atoms. The molecule has 0 aromatic carbocycles. The summed E-state index contributed by atoms with van der Waals surface area (Å²) in [6.45, 7) is 1.93. The Labute approximate surface area is 83.5 Å². The third-order valence-electron chi connectivity index (χ3n) is 3.39. The Balaban J connectivity index is 2.00. The van der Waals surface area contributed by atoms with Gasteiger partial charge >= 0.3 is 0 Å². The standard InChI is InChI=1S/C10H16N4/c11-10-8-6-12-5-4-9(8)13-14(10)7-2-1-3-7/h7,12H,1-6,11H2. The second-order valence-electron chi connectivity index (χ2n) is 4.27. The van der Waals surface area contributed by atoms with Gasteiger partial charge in [-0.3, -0.25) is 0 Å². The van der Waals surface area contributed by atoms with E-state index >= 15 is 0 Å². The van der Waals surface area contributed by atoms with Gasteiger partial charge in [-0.05, 0) is 19.3 Å². The summed E-state index contributed by atoms with van der Waals surface area (Å²) in [6, 6.07) is 0.584. The van der Waals surface area contributed by atoms with Crippen LogP contribution in [-0.4, -0.2) is 16.3 Å². The first kappa shape index (κ1) is 8.29. The molecule has 0 amide bonds. The largest absolute Gasteiger partial charge is 0.384 e. The Morgan fingerprint density at radius 2 is 2.29 bits per heavy atom. The van der Waals surface area contributed by atoms with E-state index in [9.17, 15) is 0 Å². The Hall–Kier alpha value is -1.03. The number of anilines is 1. The second-order valence-corrected chi connectivity index (χ2v) is 4.27. The lowest BCUT2D eigenvalue weighted by Gasteiger charge is -2.26. The van der Waals surface area contributed by atoms with Crippen molar-refractivity contribution in [1.29, 1.82) is 0 Å². The fraction of sp³-hybridized carbons (Fsp3) is 0.700. The van der Waals surface area contributed by atoms with Crippen molar-refractivity contribution in [2.45, 2.75) is 38.3 Å². The quantitative estimate of drug-likeness (QED) is 0.693. The number of nitrogens with one attached hydrogen (secondary N) is 1. The van der Waals surface area contributed by atoms with Gasteiger partial charge in [0.2, 0.25) is 0 Å². The lowest BCUT2D eigenvalue weighted by atomic mass is 9.93. The van der Waals surface area contributed by atoms with Crippen LogP contribution in [0.2, 0.25) is 0 Å². The number of fused-ring (bicyclic) bond motifs is 1. The van der Waals surface area contributed by atoms with Crippen LogP contribution in [0.3, 0.4) is 0 Å². The number of nitrogens with two attached hydrogens (primary N) is 1. The predicted molar refractivity (Wildman–Crippen MR) is 54.9 cm³/mol. The highest BCUT2D eigenvalue weighted by atomic mass is 15.3. The average Bonchev–Trinajstić information content (AvgIpc) is 2.43. The molecule has 1 aromatic heterocycles. The topological polar surface area (TPSA) is 55.9 Å². The molecule has 0 atom stereocenters. The molecule has 0 spiro atoms. The fourth-order valence-corrected chi connectivity index (χ4v) is 2.25. The smallest absolute Gasteiger partial charge is 0.126 e. The molecule has 0 saturated heterocycles. The van der Waals surface area contributed by atoms with Crippen LogP contribution >= 0.6 is 0 Å². The Morgan fingerprint density at radius 1 is 1.43 bits per heavy atom. The summed E-state index contributed by atoms with van der Waals surface area (Å²) < 4.78 is 2.06. The normalized spacial score (nSPS) is 21.7. The van der Waals surface area contributed by atoms with E-state index in [0.717, 1.165) is 25.3 Å². The molecular formula is C10H16N4. The summed E-state index contributed by atoms with van der Waals surface area (Å²) >= 11 is 0. The molecular weight excluding hydrogens is 176 g/mol. The van der Waals surface area contributed by atoms with Crippen molar-refractivity contribution >= 4 is 5.82 Å². The summed E-state index contributed by atoms with van der Waals surface area (Å²) in [4.78, 5) is 0. The van der Waals surface area contributed by atoms with Gasteiger partial charge in [-0.2, -0.15) is 5.10 Å². The minimum Gasteiger partial charge on any atom is -0.384 e. The molecule has 0 unspecified atom stereocenters. The number of hydrogen-bond donors (Lipinski definition) is 2. The Bertz CT molecular complexity index is 351. The minimum absolute atomic E-state index is 0.584. The zero-order valence-electron chi connectivity index (χ0n) is 8.29. The Kier molecular flexibility index (Phi) is 1.77.